The van der Waals surface area contributed by atoms with Gasteiger partial charge in [0.1, 0.15) is 17.5 Å². The van der Waals surface area contributed by atoms with Gasteiger partial charge in [0, 0.05) is 5.69 Å². The number of nitriles is 1. The van der Waals surface area contributed by atoms with Crippen LogP contribution in [0.4, 0.5) is 11.4 Å². The molecule has 1 heterocycles. The summed E-state index contributed by atoms with van der Waals surface area (Å²) < 4.78 is 0. The van der Waals surface area contributed by atoms with Crippen molar-refractivity contribution in [3.63, 3.8) is 0 Å². The number of rotatable bonds is 5. The van der Waals surface area contributed by atoms with Gasteiger partial charge in [-0.3, -0.25) is 9.59 Å². The third-order valence-electron chi connectivity index (χ3n) is 4.34. The SMILES string of the molecule is CC(C)c1ccccc1NC(=O)c1cccc(C(=O)Nc2ccccc2C#N)n1. The van der Waals surface area contributed by atoms with Crippen molar-refractivity contribution >= 4 is 23.2 Å². The molecule has 29 heavy (non-hydrogen) atoms. The molecule has 144 valence electrons. The molecular formula is C23H20N4O2. The normalized spacial score (nSPS) is 10.3. The highest BCUT2D eigenvalue weighted by Gasteiger charge is 2.15. The number of anilines is 2. The molecule has 0 bridgehead atoms. The Morgan fingerprint density at radius 3 is 2.00 bits per heavy atom. The molecule has 0 atom stereocenters. The van der Waals surface area contributed by atoms with Crippen LogP contribution in [0.3, 0.4) is 0 Å². The van der Waals surface area contributed by atoms with Crippen molar-refractivity contribution in [2.24, 2.45) is 0 Å². The van der Waals surface area contributed by atoms with Crippen molar-refractivity contribution in [3.8, 4) is 6.07 Å². The van der Waals surface area contributed by atoms with E-state index in [-0.39, 0.29) is 17.3 Å². The first-order valence-corrected chi connectivity index (χ1v) is 9.17. The summed E-state index contributed by atoms with van der Waals surface area (Å²) in [6.07, 6.45) is 0. The van der Waals surface area contributed by atoms with Crippen LogP contribution in [-0.4, -0.2) is 16.8 Å². The minimum atomic E-state index is -0.495. The van der Waals surface area contributed by atoms with Crippen LogP contribution in [0.2, 0.25) is 0 Å². The lowest BCUT2D eigenvalue weighted by Gasteiger charge is -2.13. The second-order valence-electron chi connectivity index (χ2n) is 6.72. The standard InChI is InChI=1S/C23H20N4O2/c1-15(2)17-9-4-6-11-19(17)27-23(29)21-13-7-12-20(25-21)22(28)26-18-10-5-3-8-16(18)14-24/h3-13,15H,1-2H3,(H,26,28)(H,27,29). The van der Waals surface area contributed by atoms with Gasteiger partial charge in [-0.1, -0.05) is 50.2 Å². The van der Waals surface area contributed by atoms with E-state index in [0.717, 1.165) is 5.56 Å². The summed E-state index contributed by atoms with van der Waals surface area (Å²) in [4.78, 5) is 29.4. The van der Waals surface area contributed by atoms with Crippen LogP contribution in [0.1, 0.15) is 51.9 Å². The molecule has 0 saturated heterocycles. The zero-order chi connectivity index (χ0) is 20.8. The number of hydrogen-bond acceptors (Lipinski definition) is 4. The second kappa shape index (κ2) is 8.81. The molecule has 0 fully saturated rings. The highest BCUT2D eigenvalue weighted by atomic mass is 16.2. The molecule has 2 aromatic carbocycles. The molecule has 2 amide bonds. The number of carbonyl (C=O) groups is 2. The Morgan fingerprint density at radius 2 is 1.38 bits per heavy atom. The summed E-state index contributed by atoms with van der Waals surface area (Å²) in [6.45, 7) is 4.10. The van der Waals surface area contributed by atoms with E-state index in [4.69, 9.17) is 5.26 Å². The lowest BCUT2D eigenvalue weighted by Crippen LogP contribution is -2.19. The molecule has 1 aromatic heterocycles. The van der Waals surface area contributed by atoms with Gasteiger partial charge in [0.2, 0.25) is 0 Å². The molecular weight excluding hydrogens is 364 g/mol. The Balaban J connectivity index is 1.80. The first kappa shape index (κ1) is 19.8. The number of nitrogens with one attached hydrogen (secondary N) is 2. The average Bonchev–Trinajstić information content (AvgIpc) is 2.74. The lowest BCUT2D eigenvalue weighted by molar-refractivity contribution is 0.101. The van der Waals surface area contributed by atoms with E-state index in [1.165, 1.54) is 6.07 Å². The van der Waals surface area contributed by atoms with E-state index in [1.807, 2.05) is 44.2 Å². The van der Waals surface area contributed by atoms with Gasteiger partial charge >= 0.3 is 0 Å². The average molecular weight is 384 g/mol. The fourth-order valence-electron chi connectivity index (χ4n) is 2.86. The Kier molecular flexibility index (Phi) is 6.00. The van der Waals surface area contributed by atoms with E-state index >= 15 is 0 Å². The zero-order valence-electron chi connectivity index (χ0n) is 16.1. The molecule has 2 N–H and O–H groups in total. The van der Waals surface area contributed by atoms with Gasteiger partial charge in [0.15, 0.2) is 0 Å². The van der Waals surface area contributed by atoms with E-state index in [2.05, 4.69) is 15.6 Å². The number of nitrogens with zero attached hydrogens (tertiary/aromatic N) is 2. The Bertz CT molecular complexity index is 1100. The van der Waals surface area contributed by atoms with Crippen LogP contribution in [0.5, 0.6) is 0 Å². The van der Waals surface area contributed by atoms with Crippen LogP contribution in [0.15, 0.2) is 66.7 Å². The lowest BCUT2D eigenvalue weighted by atomic mass is 10.0. The molecule has 0 radical (unpaired) electrons. The summed E-state index contributed by atoms with van der Waals surface area (Å²) in [7, 11) is 0. The van der Waals surface area contributed by atoms with E-state index in [9.17, 15) is 9.59 Å². The monoisotopic (exact) mass is 384 g/mol. The minimum absolute atomic E-state index is 0.0857. The van der Waals surface area contributed by atoms with Gasteiger partial charge in [-0.05, 0) is 41.8 Å². The number of amides is 2. The Hall–Kier alpha value is -3.98. The van der Waals surface area contributed by atoms with Gasteiger partial charge in [-0.15, -0.1) is 0 Å². The first-order valence-electron chi connectivity index (χ1n) is 9.17. The van der Waals surface area contributed by atoms with Crippen molar-refractivity contribution in [3.05, 3.63) is 89.2 Å². The van der Waals surface area contributed by atoms with Crippen LogP contribution in [0.25, 0.3) is 0 Å². The highest BCUT2D eigenvalue weighted by Crippen LogP contribution is 2.24. The van der Waals surface area contributed by atoms with Crippen molar-refractivity contribution < 1.29 is 9.59 Å². The Labute approximate surface area is 169 Å². The van der Waals surface area contributed by atoms with Crippen molar-refractivity contribution in [1.29, 1.82) is 5.26 Å². The number of benzene rings is 2. The summed E-state index contributed by atoms with van der Waals surface area (Å²) in [5.41, 5.74) is 2.69. The quantitative estimate of drug-likeness (QED) is 0.673. The molecule has 6 nitrogen and oxygen atoms in total. The van der Waals surface area contributed by atoms with Crippen molar-refractivity contribution in [2.75, 3.05) is 10.6 Å². The largest absolute Gasteiger partial charge is 0.320 e. The van der Waals surface area contributed by atoms with Crippen LogP contribution >= 0.6 is 0 Å². The molecule has 0 aliphatic rings. The molecule has 0 saturated carbocycles. The topological polar surface area (TPSA) is 94.9 Å². The van der Waals surface area contributed by atoms with Crippen LogP contribution < -0.4 is 10.6 Å². The third-order valence-corrected chi connectivity index (χ3v) is 4.34. The number of hydrogen-bond donors (Lipinski definition) is 2. The summed E-state index contributed by atoms with van der Waals surface area (Å²) in [6, 6.07) is 20.9. The predicted molar refractivity (Wildman–Crippen MR) is 112 cm³/mol. The van der Waals surface area contributed by atoms with Crippen LogP contribution in [-0.2, 0) is 0 Å². The smallest absolute Gasteiger partial charge is 0.274 e. The van der Waals surface area contributed by atoms with Crippen molar-refractivity contribution in [2.45, 2.75) is 19.8 Å². The fourth-order valence-corrected chi connectivity index (χ4v) is 2.86. The van der Waals surface area contributed by atoms with Gasteiger partial charge < -0.3 is 10.6 Å². The van der Waals surface area contributed by atoms with Gasteiger partial charge in [0.25, 0.3) is 11.8 Å². The number of pyridine rings is 1. The highest BCUT2D eigenvalue weighted by molar-refractivity contribution is 6.06. The fraction of sp³-hybridized carbons (Fsp3) is 0.130. The summed E-state index contributed by atoms with van der Waals surface area (Å²) in [5.74, 6) is -0.646. The summed E-state index contributed by atoms with van der Waals surface area (Å²) >= 11 is 0. The first-order chi connectivity index (χ1) is 14.0. The molecule has 3 rings (SSSR count). The maximum Gasteiger partial charge on any atom is 0.274 e. The minimum Gasteiger partial charge on any atom is -0.320 e. The maximum atomic E-state index is 12.7. The maximum absolute atomic E-state index is 12.7. The van der Waals surface area contributed by atoms with Crippen molar-refractivity contribution in [1.82, 2.24) is 4.98 Å². The molecule has 0 unspecified atom stereocenters. The Morgan fingerprint density at radius 1 is 0.828 bits per heavy atom. The van der Waals surface area contributed by atoms with Crippen LogP contribution in [0, 0.1) is 11.3 Å². The van der Waals surface area contributed by atoms with E-state index in [1.54, 1.807) is 36.4 Å². The number of aromatic nitrogens is 1. The number of para-hydroxylation sites is 2. The molecule has 0 aliphatic carbocycles. The molecule has 0 spiro atoms. The third kappa shape index (κ3) is 4.66. The summed E-state index contributed by atoms with van der Waals surface area (Å²) in [5, 5.41) is 14.7. The predicted octanol–water partition coefficient (Wildman–Crippen LogP) is 4.58. The van der Waals surface area contributed by atoms with Gasteiger partial charge in [-0.25, -0.2) is 4.98 Å². The van der Waals surface area contributed by atoms with E-state index < -0.39 is 11.8 Å². The molecule has 0 aliphatic heterocycles. The van der Waals surface area contributed by atoms with Gasteiger partial charge in [-0.2, -0.15) is 5.26 Å². The van der Waals surface area contributed by atoms with E-state index in [0.29, 0.717) is 16.9 Å². The second-order valence-corrected chi connectivity index (χ2v) is 6.72. The number of carbonyl (C=O) groups excluding carboxylic acids is 2. The zero-order valence-corrected chi connectivity index (χ0v) is 16.1. The molecule has 6 heteroatoms. The molecule has 3 aromatic rings. The van der Waals surface area contributed by atoms with Gasteiger partial charge in [0.05, 0.1) is 11.3 Å².